The van der Waals surface area contributed by atoms with Gasteiger partial charge in [-0.3, -0.25) is 0 Å². The molecule has 0 amide bonds. The molecule has 1 aromatic carbocycles. The van der Waals surface area contributed by atoms with Crippen molar-refractivity contribution in [2.75, 3.05) is 0 Å². The standard InChI is InChI=1S/C10H9F2N2.BF4/c1-2-14-4-3-13-9-5-7(11)8(12)6-10(9)14;2-1(3,4)5/h3-6H,2H2,1H3;/q+1;-1. The third-order valence-electron chi connectivity index (χ3n) is 2.13. The fourth-order valence-electron chi connectivity index (χ4n) is 1.41. The highest BCUT2D eigenvalue weighted by Crippen LogP contribution is 2.12. The maximum atomic E-state index is 12.9. The van der Waals surface area contributed by atoms with Crippen molar-refractivity contribution in [3.8, 4) is 0 Å². The number of hydrogen-bond donors (Lipinski definition) is 0. The molecule has 0 unspecified atom stereocenters. The second kappa shape index (κ2) is 5.90. The summed E-state index contributed by atoms with van der Waals surface area (Å²) in [4.78, 5) is 3.96. The van der Waals surface area contributed by atoms with Gasteiger partial charge in [-0.15, -0.1) is 0 Å². The lowest BCUT2D eigenvalue weighted by atomic mass is 10.2. The maximum absolute atomic E-state index is 12.9. The van der Waals surface area contributed by atoms with Gasteiger partial charge in [0.2, 0.25) is 5.52 Å². The molecule has 19 heavy (non-hydrogen) atoms. The van der Waals surface area contributed by atoms with E-state index in [1.165, 1.54) is 6.07 Å². The molecule has 9 heteroatoms. The van der Waals surface area contributed by atoms with Gasteiger partial charge >= 0.3 is 7.25 Å². The molecule has 2 nitrogen and oxygen atoms in total. The SMILES string of the molecule is CC[n+]1ccnc2cc(F)c(F)cc21.F[B-](F)(F)F. The Morgan fingerprint density at radius 1 is 1.11 bits per heavy atom. The van der Waals surface area contributed by atoms with Crippen LogP contribution in [0.3, 0.4) is 0 Å². The first kappa shape index (κ1) is 15.3. The van der Waals surface area contributed by atoms with Crippen LogP contribution in [0.25, 0.3) is 11.0 Å². The first-order valence-electron chi connectivity index (χ1n) is 5.23. The van der Waals surface area contributed by atoms with Crippen molar-refractivity contribution >= 4 is 18.3 Å². The van der Waals surface area contributed by atoms with E-state index in [-0.39, 0.29) is 0 Å². The van der Waals surface area contributed by atoms with Gasteiger partial charge in [0.1, 0.15) is 12.1 Å². The molecular formula is C10H9BF6N2. The summed E-state index contributed by atoms with van der Waals surface area (Å²) in [5.74, 6) is -1.70. The monoisotopic (exact) mass is 282 g/mol. The van der Waals surface area contributed by atoms with E-state index in [1.807, 2.05) is 11.5 Å². The van der Waals surface area contributed by atoms with Gasteiger partial charge in [0.15, 0.2) is 17.8 Å². The summed E-state index contributed by atoms with van der Waals surface area (Å²) in [6, 6.07) is 2.28. The minimum Gasteiger partial charge on any atom is -0.418 e. The Labute approximate surface area is 104 Å². The van der Waals surface area contributed by atoms with Crippen molar-refractivity contribution in [3.63, 3.8) is 0 Å². The van der Waals surface area contributed by atoms with E-state index >= 15 is 0 Å². The summed E-state index contributed by atoms with van der Waals surface area (Å²) in [6.07, 6.45) is 3.31. The molecule has 2 rings (SSSR count). The first-order valence-corrected chi connectivity index (χ1v) is 5.23. The molecule has 0 aliphatic carbocycles. The average Bonchev–Trinajstić information content (AvgIpc) is 2.28. The first-order chi connectivity index (χ1) is 8.72. The van der Waals surface area contributed by atoms with Gasteiger partial charge in [-0.05, 0) is 6.92 Å². The van der Waals surface area contributed by atoms with E-state index in [0.29, 0.717) is 17.6 Å². The Morgan fingerprint density at radius 3 is 2.16 bits per heavy atom. The van der Waals surface area contributed by atoms with Gasteiger partial charge in [-0.2, -0.15) is 4.57 Å². The second-order valence-electron chi connectivity index (χ2n) is 3.46. The molecule has 0 radical (unpaired) electrons. The molecule has 2 aromatic rings. The molecule has 0 bridgehead atoms. The maximum Gasteiger partial charge on any atom is 0.673 e. The van der Waals surface area contributed by atoms with E-state index < -0.39 is 18.9 Å². The van der Waals surface area contributed by atoms with E-state index in [2.05, 4.69) is 4.98 Å². The number of fused-ring (bicyclic) bond motifs is 1. The Bertz CT molecular complexity index is 566. The van der Waals surface area contributed by atoms with Crippen LogP contribution in [0.15, 0.2) is 24.5 Å². The highest BCUT2D eigenvalue weighted by atomic mass is 19.5. The molecule has 0 saturated heterocycles. The van der Waals surface area contributed by atoms with E-state index in [9.17, 15) is 26.0 Å². The summed E-state index contributed by atoms with van der Waals surface area (Å²) in [5.41, 5.74) is 1.07. The molecule has 0 N–H and O–H groups in total. The molecule has 104 valence electrons. The van der Waals surface area contributed by atoms with Gasteiger partial charge in [-0.1, -0.05) is 0 Å². The summed E-state index contributed by atoms with van der Waals surface area (Å²) < 4.78 is 66.6. The van der Waals surface area contributed by atoms with Crippen LogP contribution in [0.5, 0.6) is 0 Å². The smallest absolute Gasteiger partial charge is 0.418 e. The third-order valence-corrected chi connectivity index (χ3v) is 2.13. The van der Waals surface area contributed by atoms with Gasteiger partial charge in [-0.25, -0.2) is 13.8 Å². The highest BCUT2D eigenvalue weighted by molar-refractivity contribution is 6.50. The fourth-order valence-corrected chi connectivity index (χ4v) is 1.41. The third kappa shape index (κ3) is 4.76. The zero-order chi connectivity index (χ0) is 14.6. The number of rotatable bonds is 1. The van der Waals surface area contributed by atoms with Crippen LogP contribution in [-0.2, 0) is 6.54 Å². The van der Waals surface area contributed by atoms with Gasteiger partial charge < -0.3 is 17.3 Å². The Morgan fingerprint density at radius 2 is 1.63 bits per heavy atom. The topological polar surface area (TPSA) is 16.8 Å². The van der Waals surface area contributed by atoms with Gasteiger partial charge in [0.05, 0.1) is 12.3 Å². The van der Waals surface area contributed by atoms with Crippen LogP contribution in [-0.4, -0.2) is 12.2 Å². The van der Waals surface area contributed by atoms with Crippen molar-refractivity contribution < 1.29 is 30.6 Å². The summed E-state index contributed by atoms with van der Waals surface area (Å²) in [6.45, 7) is 2.63. The highest BCUT2D eigenvalue weighted by Gasteiger charge is 2.20. The van der Waals surface area contributed by atoms with Crippen molar-refractivity contribution in [1.82, 2.24) is 4.98 Å². The van der Waals surface area contributed by atoms with Gasteiger partial charge in [0.25, 0.3) is 0 Å². The minimum atomic E-state index is -6.00. The lowest BCUT2D eigenvalue weighted by molar-refractivity contribution is -0.668. The largest absolute Gasteiger partial charge is 0.673 e. The number of halogens is 6. The lowest BCUT2D eigenvalue weighted by Crippen LogP contribution is -2.33. The minimum absolute atomic E-state index is 0.466. The quantitative estimate of drug-likeness (QED) is 0.446. The van der Waals surface area contributed by atoms with Crippen LogP contribution in [0.2, 0.25) is 0 Å². The Balaban J connectivity index is 0.000000312. The van der Waals surface area contributed by atoms with E-state index in [1.54, 1.807) is 12.4 Å². The van der Waals surface area contributed by atoms with E-state index in [0.717, 1.165) is 6.07 Å². The number of nitrogens with zero attached hydrogens (tertiary/aromatic N) is 2. The predicted molar refractivity (Wildman–Crippen MR) is 57.7 cm³/mol. The van der Waals surface area contributed by atoms with Crippen LogP contribution in [0.4, 0.5) is 26.0 Å². The summed E-state index contributed by atoms with van der Waals surface area (Å²) in [5, 5.41) is 0. The van der Waals surface area contributed by atoms with Crippen LogP contribution in [0, 0.1) is 11.6 Å². The van der Waals surface area contributed by atoms with Crippen molar-refractivity contribution in [2.24, 2.45) is 0 Å². The number of aromatic nitrogens is 2. The number of benzene rings is 1. The molecule has 0 fully saturated rings. The lowest BCUT2D eigenvalue weighted by Gasteiger charge is -1.98. The van der Waals surface area contributed by atoms with E-state index in [4.69, 9.17) is 0 Å². The van der Waals surface area contributed by atoms with Crippen LogP contribution in [0.1, 0.15) is 6.92 Å². The second-order valence-corrected chi connectivity index (χ2v) is 3.46. The van der Waals surface area contributed by atoms with Crippen molar-refractivity contribution in [2.45, 2.75) is 13.5 Å². The van der Waals surface area contributed by atoms with Crippen molar-refractivity contribution in [3.05, 3.63) is 36.2 Å². The molecule has 0 atom stereocenters. The Hall–Kier alpha value is -1.80. The molecular weight excluding hydrogens is 273 g/mol. The average molecular weight is 282 g/mol. The molecule has 0 aliphatic heterocycles. The summed E-state index contributed by atoms with van der Waals surface area (Å²) in [7, 11) is -6.00. The fraction of sp³-hybridized carbons (Fsp3) is 0.200. The molecule has 1 heterocycles. The predicted octanol–water partition coefficient (Wildman–Crippen LogP) is 3.12. The van der Waals surface area contributed by atoms with Crippen LogP contribution < -0.4 is 4.57 Å². The molecule has 0 spiro atoms. The number of aryl methyl sites for hydroxylation is 1. The molecule has 0 aliphatic rings. The van der Waals surface area contributed by atoms with Crippen molar-refractivity contribution in [1.29, 1.82) is 0 Å². The molecule has 1 aromatic heterocycles. The Kier molecular flexibility index (Phi) is 4.74. The normalized spacial score (nSPS) is 11.1. The zero-order valence-electron chi connectivity index (χ0n) is 9.76. The van der Waals surface area contributed by atoms with Gasteiger partial charge in [0, 0.05) is 6.07 Å². The zero-order valence-corrected chi connectivity index (χ0v) is 9.76. The molecule has 0 saturated carbocycles. The number of hydrogen-bond acceptors (Lipinski definition) is 1. The summed E-state index contributed by atoms with van der Waals surface area (Å²) >= 11 is 0. The van der Waals surface area contributed by atoms with Crippen LogP contribution >= 0.6 is 0 Å².